The van der Waals surface area contributed by atoms with E-state index in [1.165, 1.54) is 5.56 Å². The van der Waals surface area contributed by atoms with Crippen molar-refractivity contribution in [2.45, 2.75) is 19.0 Å². The lowest BCUT2D eigenvalue weighted by molar-refractivity contribution is 0.479. The van der Waals surface area contributed by atoms with Gasteiger partial charge in [0.25, 0.3) is 0 Å². The predicted octanol–water partition coefficient (Wildman–Crippen LogP) is 1.95. The summed E-state index contributed by atoms with van der Waals surface area (Å²) in [7, 11) is 6.50. The molecule has 1 aromatic rings. The van der Waals surface area contributed by atoms with Crippen LogP contribution in [0.5, 0.6) is 5.75 Å². The van der Waals surface area contributed by atoms with E-state index in [1.807, 2.05) is 12.1 Å². The lowest BCUT2D eigenvalue weighted by atomic mass is 9.92. The molecule has 3 heteroatoms. The smallest absolute Gasteiger partial charge is 0.119 e. The molecule has 68 valence electrons. The molecule has 1 N–H and O–H groups in total. The summed E-state index contributed by atoms with van der Waals surface area (Å²) in [5.41, 5.74) is 2.30. The molecule has 1 aromatic carbocycles. The van der Waals surface area contributed by atoms with E-state index < -0.39 is 0 Å². The van der Waals surface area contributed by atoms with E-state index in [2.05, 4.69) is 13.6 Å². The zero-order chi connectivity index (χ0) is 9.84. The van der Waals surface area contributed by atoms with Crippen LogP contribution < -0.4 is 5.46 Å². The Hall–Kier alpha value is -0.485. The van der Waals surface area contributed by atoms with Crippen molar-refractivity contribution in [3.8, 4) is 5.75 Å². The van der Waals surface area contributed by atoms with Gasteiger partial charge in [0.05, 0.1) is 0 Å². The molecule has 0 aliphatic carbocycles. The van der Waals surface area contributed by atoms with Gasteiger partial charge in [0, 0.05) is 5.66 Å². The Labute approximate surface area is 82.8 Å². The number of rotatable bonds is 3. The minimum absolute atomic E-state index is 0.179. The molecular formula is C10H14BOP. The Balaban J connectivity index is 2.95. The zero-order valence-corrected chi connectivity index (χ0v) is 9.04. The van der Waals surface area contributed by atoms with Crippen LogP contribution >= 0.6 is 8.58 Å². The van der Waals surface area contributed by atoms with E-state index >= 15 is 0 Å². The number of benzene rings is 1. The van der Waals surface area contributed by atoms with Crippen molar-refractivity contribution >= 4 is 21.9 Å². The fourth-order valence-electron chi connectivity index (χ4n) is 1.40. The van der Waals surface area contributed by atoms with Crippen molar-refractivity contribution in [3.05, 3.63) is 23.8 Å². The summed E-state index contributed by atoms with van der Waals surface area (Å²) in [6.45, 7) is 4.36. The lowest BCUT2D eigenvalue weighted by Gasteiger charge is -2.13. The first kappa shape index (κ1) is 10.6. The molecule has 2 radical (unpaired) electrons. The van der Waals surface area contributed by atoms with Crippen LogP contribution in [0.3, 0.4) is 0 Å². The SMILES string of the molecule is [B]c1cc(C(CC)PC)ccc1O. The lowest BCUT2D eigenvalue weighted by Crippen LogP contribution is -2.05. The summed E-state index contributed by atoms with van der Waals surface area (Å²) in [5, 5.41) is 9.25. The van der Waals surface area contributed by atoms with Gasteiger partial charge < -0.3 is 5.11 Å². The summed E-state index contributed by atoms with van der Waals surface area (Å²) < 4.78 is 0. The fraction of sp³-hybridized carbons (Fsp3) is 0.400. The molecule has 0 heterocycles. The van der Waals surface area contributed by atoms with Crippen molar-refractivity contribution in [1.82, 2.24) is 0 Å². The summed E-state index contributed by atoms with van der Waals surface area (Å²) in [5.74, 6) is 0.179. The van der Waals surface area contributed by atoms with Crippen LogP contribution in [0.15, 0.2) is 18.2 Å². The second kappa shape index (κ2) is 4.67. The minimum atomic E-state index is 0.179. The van der Waals surface area contributed by atoms with Gasteiger partial charge in [-0.15, -0.1) is 8.58 Å². The molecule has 0 aliphatic rings. The van der Waals surface area contributed by atoms with Crippen LogP contribution in [0.2, 0.25) is 0 Å². The average Bonchev–Trinajstić information content (AvgIpc) is 2.13. The van der Waals surface area contributed by atoms with Crippen LogP contribution in [0.25, 0.3) is 0 Å². The van der Waals surface area contributed by atoms with Crippen LogP contribution in [0.4, 0.5) is 0 Å². The van der Waals surface area contributed by atoms with Crippen LogP contribution in [0, 0.1) is 0 Å². The molecule has 13 heavy (non-hydrogen) atoms. The van der Waals surface area contributed by atoms with E-state index in [4.69, 9.17) is 7.85 Å². The monoisotopic (exact) mass is 192 g/mol. The summed E-state index contributed by atoms with van der Waals surface area (Å²) in [6.07, 6.45) is 1.12. The van der Waals surface area contributed by atoms with E-state index in [0.717, 1.165) is 15.0 Å². The van der Waals surface area contributed by atoms with Crippen molar-refractivity contribution in [2.75, 3.05) is 6.66 Å². The van der Waals surface area contributed by atoms with Gasteiger partial charge >= 0.3 is 0 Å². The number of hydrogen-bond acceptors (Lipinski definition) is 1. The van der Waals surface area contributed by atoms with Crippen molar-refractivity contribution < 1.29 is 5.11 Å². The number of phenols is 1. The third-order valence-electron chi connectivity index (χ3n) is 2.21. The Bertz CT molecular complexity index is 284. The second-order valence-electron chi connectivity index (χ2n) is 3.07. The highest BCUT2D eigenvalue weighted by atomic mass is 31.1. The van der Waals surface area contributed by atoms with Gasteiger partial charge in [-0.1, -0.05) is 24.5 Å². The summed E-state index contributed by atoms with van der Waals surface area (Å²) in [6, 6.07) is 5.50. The first-order chi connectivity index (χ1) is 6.19. The van der Waals surface area contributed by atoms with E-state index in [-0.39, 0.29) is 5.75 Å². The standard InChI is InChI=1S/C10H14BOP/c1-3-10(13-2)7-4-5-9(12)8(11)6-7/h4-6,10,12-13H,3H2,1-2H3. The first-order valence-electron chi connectivity index (χ1n) is 4.44. The fourth-order valence-corrected chi connectivity index (χ4v) is 2.32. The topological polar surface area (TPSA) is 20.2 Å². The molecule has 1 rings (SSSR count). The van der Waals surface area contributed by atoms with Gasteiger partial charge in [-0.3, -0.25) is 0 Å². The summed E-state index contributed by atoms with van der Waals surface area (Å²) in [4.78, 5) is 0. The molecule has 2 unspecified atom stereocenters. The van der Waals surface area contributed by atoms with Crippen molar-refractivity contribution in [2.24, 2.45) is 0 Å². The molecule has 0 saturated carbocycles. The molecule has 0 aliphatic heterocycles. The molecule has 0 amide bonds. The van der Waals surface area contributed by atoms with Crippen molar-refractivity contribution in [1.29, 1.82) is 0 Å². The minimum Gasteiger partial charge on any atom is -0.509 e. The normalized spacial score (nSPS) is 13.7. The zero-order valence-electron chi connectivity index (χ0n) is 8.04. The van der Waals surface area contributed by atoms with Gasteiger partial charge in [0.2, 0.25) is 0 Å². The molecule has 0 fully saturated rings. The first-order valence-corrected chi connectivity index (χ1v) is 6.02. The second-order valence-corrected chi connectivity index (χ2v) is 4.34. The van der Waals surface area contributed by atoms with Gasteiger partial charge in [-0.2, -0.15) is 0 Å². The van der Waals surface area contributed by atoms with Gasteiger partial charge in [-0.25, -0.2) is 0 Å². The molecule has 0 bridgehead atoms. The largest absolute Gasteiger partial charge is 0.509 e. The Morgan fingerprint density at radius 3 is 2.69 bits per heavy atom. The van der Waals surface area contributed by atoms with Crippen LogP contribution in [-0.2, 0) is 0 Å². The Morgan fingerprint density at radius 1 is 1.54 bits per heavy atom. The molecule has 2 atom stereocenters. The molecule has 0 spiro atoms. The van der Waals surface area contributed by atoms with Gasteiger partial charge in [0.1, 0.15) is 13.6 Å². The van der Waals surface area contributed by atoms with Gasteiger partial charge in [0.15, 0.2) is 0 Å². The number of phenolic OH excluding ortho intramolecular Hbond substituents is 1. The highest BCUT2D eigenvalue weighted by molar-refractivity contribution is 7.37. The van der Waals surface area contributed by atoms with Crippen molar-refractivity contribution in [3.63, 3.8) is 0 Å². The summed E-state index contributed by atoms with van der Waals surface area (Å²) >= 11 is 0. The third kappa shape index (κ3) is 2.48. The average molecular weight is 192 g/mol. The highest BCUT2D eigenvalue weighted by Gasteiger charge is 2.07. The van der Waals surface area contributed by atoms with Crippen LogP contribution in [-0.4, -0.2) is 19.6 Å². The van der Waals surface area contributed by atoms with Gasteiger partial charge in [-0.05, 0) is 24.7 Å². The van der Waals surface area contributed by atoms with E-state index in [9.17, 15) is 5.11 Å². The molecular weight excluding hydrogens is 178 g/mol. The molecule has 0 aromatic heterocycles. The maximum Gasteiger partial charge on any atom is 0.119 e. The quantitative estimate of drug-likeness (QED) is 0.573. The number of hydrogen-bond donors (Lipinski definition) is 1. The van der Waals surface area contributed by atoms with E-state index in [1.54, 1.807) is 6.07 Å². The third-order valence-corrected chi connectivity index (χ3v) is 3.65. The Kier molecular flexibility index (Phi) is 3.80. The van der Waals surface area contributed by atoms with E-state index in [0.29, 0.717) is 11.1 Å². The maximum atomic E-state index is 9.25. The number of aromatic hydroxyl groups is 1. The predicted molar refractivity (Wildman–Crippen MR) is 60.8 cm³/mol. The highest BCUT2D eigenvalue weighted by Crippen LogP contribution is 2.34. The maximum absolute atomic E-state index is 9.25. The van der Waals surface area contributed by atoms with Crippen LogP contribution in [0.1, 0.15) is 24.6 Å². The molecule has 1 nitrogen and oxygen atoms in total. The molecule has 0 saturated heterocycles. The Morgan fingerprint density at radius 2 is 2.23 bits per heavy atom.